The number of anilines is 2. The van der Waals surface area contributed by atoms with Crippen LogP contribution < -0.4 is 10.6 Å². The van der Waals surface area contributed by atoms with E-state index < -0.39 is 17.7 Å². The third-order valence-corrected chi connectivity index (χ3v) is 2.74. The van der Waals surface area contributed by atoms with Crippen LogP contribution in [0.25, 0.3) is 0 Å². The SMILES string of the molecule is CON=CC(C(=O)Nc1cccnc1)C(=O)Nc1cccnc1. The molecule has 0 saturated carbocycles. The van der Waals surface area contributed by atoms with Crippen LogP contribution in [0, 0.1) is 5.92 Å². The Balaban J connectivity index is 2.10. The predicted octanol–water partition coefficient (Wildman–Crippen LogP) is 1.30. The molecule has 0 atom stereocenters. The maximum absolute atomic E-state index is 12.3. The highest BCUT2D eigenvalue weighted by Crippen LogP contribution is 2.09. The second-order valence-corrected chi connectivity index (χ2v) is 4.38. The van der Waals surface area contributed by atoms with Crippen LogP contribution in [-0.2, 0) is 14.4 Å². The van der Waals surface area contributed by atoms with Gasteiger partial charge in [-0.15, -0.1) is 0 Å². The van der Waals surface area contributed by atoms with E-state index in [4.69, 9.17) is 0 Å². The normalized spacial score (nSPS) is 10.5. The Morgan fingerprint density at radius 2 is 1.61 bits per heavy atom. The first-order valence-corrected chi connectivity index (χ1v) is 6.69. The molecule has 8 heteroatoms. The zero-order valence-corrected chi connectivity index (χ0v) is 12.3. The van der Waals surface area contributed by atoms with Crippen LogP contribution in [0.3, 0.4) is 0 Å². The fourth-order valence-corrected chi connectivity index (χ4v) is 1.69. The van der Waals surface area contributed by atoms with Crippen LogP contribution in [0.15, 0.2) is 54.2 Å². The molecule has 2 amide bonds. The zero-order chi connectivity index (χ0) is 16.5. The molecular formula is C15H15N5O3. The highest BCUT2D eigenvalue weighted by atomic mass is 16.6. The van der Waals surface area contributed by atoms with Gasteiger partial charge in [0.25, 0.3) is 0 Å². The molecule has 23 heavy (non-hydrogen) atoms. The Morgan fingerprint density at radius 3 is 2.00 bits per heavy atom. The fourth-order valence-electron chi connectivity index (χ4n) is 1.69. The summed E-state index contributed by atoms with van der Waals surface area (Å²) in [6.45, 7) is 0. The summed E-state index contributed by atoms with van der Waals surface area (Å²) >= 11 is 0. The molecule has 2 N–H and O–H groups in total. The Kier molecular flexibility index (Phi) is 5.75. The van der Waals surface area contributed by atoms with Gasteiger partial charge in [0.1, 0.15) is 7.11 Å². The van der Waals surface area contributed by atoms with Crippen molar-refractivity contribution < 1.29 is 14.4 Å². The van der Waals surface area contributed by atoms with Gasteiger partial charge in [-0.3, -0.25) is 19.6 Å². The van der Waals surface area contributed by atoms with E-state index in [1.54, 1.807) is 36.7 Å². The maximum Gasteiger partial charge on any atom is 0.242 e. The van der Waals surface area contributed by atoms with E-state index in [9.17, 15) is 9.59 Å². The summed E-state index contributed by atoms with van der Waals surface area (Å²) in [6, 6.07) is 6.66. The molecule has 0 bridgehead atoms. The first-order chi connectivity index (χ1) is 11.2. The zero-order valence-electron chi connectivity index (χ0n) is 12.3. The second-order valence-electron chi connectivity index (χ2n) is 4.38. The van der Waals surface area contributed by atoms with Gasteiger partial charge in [0.05, 0.1) is 30.0 Å². The molecule has 2 aromatic rings. The summed E-state index contributed by atoms with van der Waals surface area (Å²) in [4.78, 5) is 36.9. The first kappa shape index (κ1) is 16.1. The minimum atomic E-state index is -1.17. The lowest BCUT2D eigenvalue weighted by Gasteiger charge is -2.12. The number of pyridine rings is 2. The van der Waals surface area contributed by atoms with E-state index in [-0.39, 0.29) is 0 Å². The fraction of sp³-hybridized carbons (Fsp3) is 0.133. The second kappa shape index (κ2) is 8.23. The van der Waals surface area contributed by atoms with Crippen LogP contribution >= 0.6 is 0 Å². The van der Waals surface area contributed by atoms with Crippen molar-refractivity contribution in [2.24, 2.45) is 11.1 Å². The van der Waals surface area contributed by atoms with Gasteiger partial charge < -0.3 is 15.5 Å². The van der Waals surface area contributed by atoms with Crippen LogP contribution in [0.4, 0.5) is 11.4 Å². The van der Waals surface area contributed by atoms with Crippen molar-refractivity contribution >= 4 is 29.4 Å². The molecule has 118 valence electrons. The van der Waals surface area contributed by atoms with Crippen LogP contribution in [0.2, 0.25) is 0 Å². The van der Waals surface area contributed by atoms with Crippen molar-refractivity contribution in [2.75, 3.05) is 17.7 Å². The van der Waals surface area contributed by atoms with Gasteiger partial charge in [0, 0.05) is 12.4 Å². The largest absolute Gasteiger partial charge is 0.399 e. The number of nitrogens with zero attached hydrogens (tertiary/aromatic N) is 3. The molecule has 0 unspecified atom stereocenters. The Labute approximate surface area is 132 Å². The summed E-state index contributed by atoms with van der Waals surface area (Å²) in [5, 5.41) is 8.71. The number of carbonyl (C=O) groups excluding carboxylic acids is 2. The number of nitrogens with one attached hydrogen (secondary N) is 2. The quantitative estimate of drug-likeness (QED) is 0.475. The summed E-state index contributed by atoms with van der Waals surface area (Å²) in [5.41, 5.74) is 0.949. The smallest absolute Gasteiger partial charge is 0.242 e. The molecule has 0 aliphatic carbocycles. The lowest BCUT2D eigenvalue weighted by Crippen LogP contribution is -2.35. The highest BCUT2D eigenvalue weighted by molar-refractivity contribution is 6.20. The number of carbonyl (C=O) groups is 2. The van der Waals surface area contributed by atoms with Crippen molar-refractivity contribution in [3.63, 3.8) is 0 Å². The van der Waals surface area contributed by atoms with Crippen molar-refractivity contribution in [1.29, 1.82) is 0 Å². The molecule has 2 rings (SSSR count). The van der Waals surface area contributed by atoms with E-state index in [1.165, 1.54) is 19.5 Å². The number of hydrogen-bond donors (Lipinski definition) is 2. The molecule has 0 fully saturated rings. The third-order valence-electron chi connectivity index (χ3n) is 2.74. The van der Waals surface area contributed by atoms with Crippen molar-refractivity contribution in [2.45, 2.75) is 0 Å². The topological polar surface area (TPSA) is 106 Å². The molecule has 0 spiro atoms. The standard InChI is InChI=1S/C15H15N5O3/c1-23-18-10-13(14(21)19-11-4-2-6-16-8-11)15(22)20-12-5-3-7-17-9-12/h2-10,13H,1H3,(H,19,21)(H,20,22). The minimum Gasteiger partial charge on any atom is -0.399 e. The first-order valence-electron chi connectivity index (χ1n) is 6.69. The van der Waals surface area contributed by atoms with Gasteiger partial charge in [-0.1, -0.05) is 5.16 Å². The van der Waals surface area contributed by atoms with Crippen LogP contribution in [0.1, 0.15) is 0 Å². The molecule has 2 heterocycles. The maximum atomic E-state index is 12.3. The van der Waals surface area contributed by atoms with Gasteiger partial charge in [-0.25, -0.2) is 0 Å². The molecular weight excluding hydrogens is 298 g/mol. The molecule has 0 aromatic carbocycles. The van der Waals surface area contributed by atoms with E-state index in [0.29, 0.717) is 11.4 Å². The van der Waals surface area contributed by atoms with Crippen LogP contribution in [-0.4, -0.2) is 35.1 Å². The Morgan fingerprint density at radius 1 is 1.09 bits per heavy atom. The van der Waals surface area contributed by atoms with Gasteiger partial charge in [-0.05, 0) is 24.3 Å². The predicted molar refractivity (Wildman–Crippen MR) is 84.7 cm³/mol. The monoisotopic (exact) mass is 313 g/mol. The summed E-state index contributed by atoms with van der Waals surface area (Å²) in [6.07, 6.45) is 7.23. The number of aromatic nitrogens is 2. The average Bonchev–Trinajstić information content (AvgIpc) is 2.57. The highest BCUT2D eigenvalue weighted by Gasteiger charge is 2.25. The molecule has 0 aliphatic heterocycles. The van der Waals surface area contributed by atoms with Crippen molar-refractivity contribution in [3.05, 3.63) is 49.1 Å². The molecule has 0 radical (unpaired) electrons. The lowest BCUT2D eigenvalue weighted by atomic mass is 10.1. The van der Waals surface area contributed by atoms with Crippen molar-refractivity contribution in [1.82, 2.24) is 9.97 Å². The van der Waals surface area contributed by atoms with E-state index in [1.807, 2.05) is 0 Å². The number of hydrogen-bond acceptors (Lipinski definition) is 6. The number of amides is 2. The Bertz CT molecular complexity index is 623. The number of rotatable bonds is 6. The summed E-state index contributed by atoms with van der Waals surface area (Å²) in [7, 11) is 1.33. The van der Waals surface area contributed by atoms with Gasteiger partial charge >= 0.3 is 0 Å². The van der Waals surface area contributed by atoms with Gasteiger partial charge in [0.15, 0.2) is 5.92 Å². The van der Waals surface area contributed by atoms with E-state index in [0.717, 1.165) is 6.21 Å². The third kappa shape index (κ3) is 4.88. The molecule has 8 nitrogen and oxygen atoms in total. The van der Waals surface area contributed by atoms with Gasteiger partial charge in [-0.2, -0.15) is 0 Å². The van der Waals surface area contributed by atoms with Gasteiger partial charge in [0.2, 0.25) is 11.8 Å². The molecule has 0 aliphatic rings. The van der Waals surface area contributed by atoms with Crippen molar-refractivity contribution in [3.8, 4) is 0 Å². The lowest BCUT2D eigenvalue weighted by molar-refractivity contribution is -0.126. The summed E-state index contributed by atoms with van der Waals surface area (Å²) < 4.78 is 0. The Hall–Kier alpha value is -3.29. The number of oxime groups is 1. The molecule has 2 aromatic heterocycles. The van der Waals surface area contributed by atoms with E-state index >= 15 is 0 Å². The van der Waals surface area contributed by atoms with Crippen LogP contribution in [0.5, 0.6) is 0 Å². The average molecular weight is 313 g/mol. The summed E-state index contributed by atoms with van der Waals surface area (Å²) in [5.74, 6) is -2.28. The minimum absolute atomic E-state index is 0.475. The molecule has 0 saturated heterocycles. The van der Waals surface area contributed by atoms with E-state index in [2.05, 4.69) is 30.6 Å².